The number of nitrogens with zero attached hydrogens (tertiary/aromatic N) is 1. The Morgan fingerprint density at radius 2 is 1.47 bits per heavy atom. The van der Waals surface area contributed by atoms with E-state index in [2.05, 4.69) is 10.6 Å². The average Bonchev–Trinajstić information content (AvgIpc) is 2.78. The van der Waals surface area contributed by atoms with Crippen LogP contribution in [0.5, 0.6) is 0 Å². The van der Waals surface area contributed by atoms with E-state index in [-0.39, 0.29) is 23.5 Å². The first-order valence-electron chi connectivity index (χ1n) is 9.18. The Balaban J connectivity index is 1.89. The Morgan fingerprint density at radius 3 is 2.13 bits per heavy atom. The average molecular weight is 401 g/mol. The van der Waals surface area contributed by atoms with E-state index >= 15 is 0 Å². The zero-order valence-electron chi connectivity index (χ0n) is 15.9. The lowest BCUT2D eigenvalue weighted by molar-refractivity contribution is -0.385. The van der Waals surface area contributed by atoms with Gasteiger partial charge in [0.2, 0.25) is 0 Å². The zero-order valence-corrected chi connectivity index (χ0v) is 15.9. The van der Waals surface area contributed by atoms with Crippen LogP contribution in [0.2, 0.25) is 0 Å². The molecule has 3 aromatic rings. The van der Waals surface area contributed by atoms with Crippen molar-refractivity contribution in [3.8, 4) is 0 Å². The molecule has 0 saturated heterocycles. The molecule has 3 rings (SSSR count). The smallest absolute Gasteiger partial charge is 0.276 e. The van der Waals surface area contributed by atoms with E-state index < -0.39 is 16.7 Å². The highest BCUT2D eigenvalue weighted by atomic mass is 16.6. The number of para-hydroxylation sites is 1. The third-order valence-electron chi connectivity index (χ3n) is 4.26. The minimum Gasteiger partial charge on any atom is -0.347 e. The number of rotatable bonds is 7. The van der Waals surface area contributed by atoms with Gasteiger partial charge in [0.05, 0.1) is 10.5 Å². The number of nitrogens with one attached hydrogen (secondary N) is 2. The molecule has 0 heterocycles. The van der Waals surface area contributed by atoms with Crippen molar-refractivity contribution in [1.29, 1.82) is 0 Å². The number of carbonyl (C=O) groups excluding carboxylic acids is 2. The quantitative estimate of drug-likeness (QED) is 0.358. The van der Waals surface area contributed by atoms with Crippen molar-refractivity contribution in [3.63, 3.8) is 0 Å². The molecule has 0 aliphatic rings. The van der Waals surface area contributed by atoms with Crippen molar-refractivity contribution in [2.75, 3.05) is 0 Å². The van der Waals surface area contributed by atoms with Gasteiger partial charge in [-0.1, -0.05) is 60.7 Å². The fourth-order valence-electron chi connectivity index (χ4n) is 2.75. The molecule has 0 radical (unpaired) electrons. The molecule has 0 fully saturated rings. The summed E-state index contributed by atoms with van der Waals surface area (Å²) in [6.07, 6.45) is 1.30. The summed E-state index contributed by atoms with van der Waals surface area (Å²) in [6.45, 7) is 0.245. The number of benzene rings is 3. The molecule has 0 unspecified atom stereocenters. The van der Waals surface area contributed by atoms with E-state index in [0.29, 0.717) is 5.56 Å². The summed E-state index contributed by atoms with van der Waals surface area (Å²) in [5, 5.41) is 16.6. The Bertz CT molecular complexity index is 1080. The van der Waals surface area contributed by atoms with Crippen LogP contribution in [0.15, 0.2) is 90.6 Å². The third-order valence-corrected chi connectivity index (χ3v) is 4.26. The maximum absolute atomic E-state index is 12.8. The highest BCUT2D eigenvalue weighted by Gasteiger charge is 2.17. The van der Waals surface area contributed by atoms with Gasteiger partial charge in [-0.05, 0) is 29.8 Å². The normalized spacial score (nSPS) is 10.9. The molecule has 30 heavy (non-hydrogen) atoms. The van der Waals surface area contributed by atoms with Crippen molar-refractivity contribution in [2.24, 2.45) is 0 Å². The van der Waals surface area contributed by atoms with E-state index in [0.717, 1.165) is 5.56 Å². The zero-order chi connectivity index (χ0) is 21.3. The predicted octanol–water partition coefficient (Wildman–Crippen LogP) is 3.68. The second-order valence-electron chi connectivity index (χ2n) is 6.36. The van der Waals surface area contributed by atoms with Crippen LogP contribution in [0.4, 0.5) is 5.69 Å². The molecule has 2 amide bonds. The van der Waals surface area contributed by atoms with Crippen molar-refractivity contribution in [2.45, 2.75) is 6.54 Å². The minimum absolute atomic E-state index is 0.0888. The fourth-order valence-corrected chi connectivity index (χ4v) is 2.75. The largest absolute Gasteiger partial charge is 0.347 e. The Morgan fingerprint density at radius 1 is 0.867 bits per heavy atom. The molecule has 0 aromatic heterocycles. The molecule has 0 aliphatic carbocycles. The van der Waals surface area contributed by atoms with Crippen LogP contribution in [0, 0.1) is 10.1 Å². The molecular formula is C23H19N3O4. The summed E-state index contributed by atoms with van der Waals surface area (Å²) in [6, 6.07) is 23.7. The predicted molar refractivity (Wildman–Crippen MR) is 113 cm³/mol. The summed E-state index contributed by atoms with van der Waals surface area (Å²) in [5.74, 6) is -1.04. The van der Waals surface area contributed by atoms with Crippen LogP contribution in [-0.4, -0.2) is 16.7 Å². The molecule has 3 aromatic carbocycles. The van der Waals surface area contributed by atoms with Crippen LogP contribution in [0.3, 0.4) is 0 Å². The summed E-state index contributed by atoms with van der Waals surface area (Å²) in [7, 11) is 0. The lowest BCUT2D eigenvalue weighted by Gasteiger charge is -2.11. The second-order valence-corrected chi connectivity index (χ2v) is 6.36. The Kier molecular flexibility index (Phi) is 6.68. The Labute approximate surface area is 173 Å². The maximum atomic E-state index is 12.8. The molecule has 2 N–H and O–H groups in total. The van der Waals surface area contributed by atoms with Crippen LogP contribution in [-0.2, 0) is 11.3 Å². The number of nitro groups is 1. The lowest BCUT2D eigenvalue weighted by atomic mass is 10.1. The maximum Gasteiger partial charge on any atom is 0.276 e. The van der Waals surface area contributed by atoms with Crippen molar-refractivity contribution >= 4 is 23.6 Å². The number of hydrogen-bond acceptors (Lipinski definition) is 4. The molecule has 0 saturated carbocycles. The summed E-state index contributed by atoms with van der Waals surface area (Å²) in [5.41, 5.74) is 1.20. The van der Waals surface area contributed by atoms with E-state index in [1.807, 2.05) is 30.3 Å². The van der Waals surface area contributed by atoms with Gasteiger partial charge in [-0.3, -0.25) is 19.7 Å². The lowest BCUT2D eigenvalue weighted by Crippen LogP contribution is -2.34. The molecule has 7 nitrogen and oxygen atoms in total. The van der Waals surface area contributed by atoms with Gasteiger partial charge in [0.1, 0.15) is 5.70 Å². The van der Waals surface area contributed by atoms with Crippen molar-refractivity contribution in [1.82, 2.24) is 10.6 Å². The van der Waals surface area contributed by atoms with Gasteiger partial charge in [-0.15, -0.1) is 0 Å². The van der Waals surface area contributed by atoms with Gasteiger partial charge >= 0.3 is 0 Å². The van der Waals surface area contributed by atoms with Gasteiger partial charge in [0, 0.05) is 18.2 Å². The summed E-state index contributed by atoms with van der Waals surface area (Å²) in [4.78, 5) is 36.2. The standard InChI is InChI=1S/C23H19N3O4/c27-22(18-11-5-2-6-12-18)25-20(15-19-13-7-8-14-21(19)26(29)30)23(28)24-16-17-9-3-1-4-10-17/h1-15H,16H2,(H,24,28)(H,25,27)/b20-15-. The highest BCUT2D eigenvalue weighted by Crippen LogP contribution is 2.20. The number of hydrogen-bond donors (Lipinski definition) is 2. The summed E-state index contributed by atoms with van der Waals surface area (Å²) >= 11 is 0. The molecule has 0 aliphatic heterocycles. The Hall–Kier alpha value is -4.26. The van der Waals surface area contributed by atoms with Crippen LogP contribution < -0.4 is 10.6 Å². The van der Waals surface area contributed by atoms with Crippen LogP contribution in [0.25, 0.3) is 6.08 Å². The molecule has 0 spiro atoms. The van der Waals surface area contributed by atoms with E-state index in [9.17, 15) is 19.7 Å². The second kappa shape index (κ2) is 9.79. The van der Waals surface area contributed by atoms with E-state index in [1.165, 1.54) is 24.3 Å². The first-order valence-corrected chi connectivity index (χ1v) is 9.18. The van der Waals surface area contributed by atoms with Gasteiger partial charge in [0.15, 0.2) is 0 Å². The van der Waals surface area contributed by atoms with Crippen molar-refractivity contribution in [3.05, 3.63) is 117 Å². The SMILES string of the molecule is O=C(NCc1ccccc1)/C(=C/c1ccccc1[N+](=O)[O-])NC(=O)c1ccccc1. The van der Waals surface area contributed by atoms with Crippen molar-refractivity contribution < 1.29 is 14.5 Å². The first-order chi connectivity index (χ1) is 14.5. The highest BCUT2D eigenvalue weighted by molar-refractivity contribution is 6.05. The topological polar surface area (TPSA) is 101 Å². The molecule has 150 valence electrons. The fraction of sp³-hybridized carbons (Fsp3) is 0.0435. The number of carbonyl (C=O) groups is 2. The number of amides is 2. The third kappa shape index (κ3) is 5.39. The van der Waals surface area contributed by atoms with Gasteiger partial charge < -0.3 is 10.6 Å². The van der Waals surface area contributed by atoms with Crippen LogP contribution >= 0.6 is 0 Å². The molecular weight excluding hydrogens is 382 g/mol. The molecule has 0 bridgehead atoms. The van der Waals surface area contributed by atoms with Crippen LogP contribution in [0.1, 0.15) is 21.5 Å². The van der Waals surface area contributed by atoms with E-state index in [1.54, 1.807) is 36.4 Å². The monoisotopic (exact) mass is 401 g/mol. The first kappa shape index (κ1) is 20.5. The van der Waals surface area contributed by atoms with Gasteiger partial charge in [-0.2, -0.15) is 0 Å². The molecule has 0 atom stereocenters. The number of nitro benzene ring substituents is 1. The van der Waals surface area contributed by atoms with Gasteiger partial charge in [-0.25, -0.2) is 0 Å². The summed E-state index contributed by atoms with van der Waals surface area (Å²) < 4.78 is 0. The minimum atomic E-state index is -0.554. The van der Waals surface area contributed by atoms with E-state index in [4.69, 9.17) is 0 Å². The molecule has 7 heteroatoms. The van der Waals surface area contributed by atoms with Gasteiger partial charge in [0.25, 0.3) is 17.5 Å².